The molecular weight excluding hydrogens is 158 g/mol. The smallest absolute Gasteiger partial charge is 0.135 e. The summed E-state index contributed by atoms with van der Waals surface area (Å²) >= 11 is 1.57. The van der Waals surface area contributed by atoms with Gasteiger partial charge >= 0.3 is 0 Å². The molecule has 0 saturated heterocycles. The second kappa shape index (κ2) is 4.81. The van der Waals surface area contributed by atoms with Crippen molar-refractivity contribution in [1.82, 2.24) is 0 Å². The van der Waals surface area contributed by atoms with E-state index in [4.69, 9.17) is 5.26 Å². The van der Waals surface area contributed by atoms with Gasteiger partial charge in [-0.05, 0) is 18.1 Å². The van der Waals surface area contributed by atoms with E-state index in [0.717, 1.165) is 0 Å². The summed E-state index contributed by atoms with van der Waals surface area (Å²) in [5, 5.41) is 10.8. The molecule has 10 heavy (non-hydrogen) atoms. The van der Waals surface area contributed by atoms with E-state index in [9.17, 15) is 0 Å². The molecule has 0 spiro atoms. The Kier molecular flexibility index (Phi) is 4.84. The standard InChI is InChI=1S/C7H15NSSi/c1-4-10(5-2,6-3)9-7-8/h4-6H2,1-3H3. The lowest BCUT2D eigenvalue weighted by atomic mass is 10.9. The van der Waals surface area contributed by atoms with Gasteiger partial charge in [0.15, 0.2) is 0 Å². The Morgan fingerprint density at radius 1 is 1.20 bits per heavy atom. The van der Waals surface area contributed by atoms with E-state index in [2.05, 4.69) is 26.2 Å². The average Bonchev–Trinajstić information content (AvgIpc) is 2.01. The molecule has 0 bridgehead atoms. The summed E-state index contributed by atoms with van der Waals surface area (Å²) in [4.78, 5) is 0. The summed E-state index contributed by atoms with van der Waals surface area (Å²) in [6, 6.07) is 3.70. The van der Waals surface area contributed by atoms with Crippen molar-refractivity contribution in [1.29, 1.82) is 5.26 Å². The third-order valence-electron chi connectivity index (χ3n) is 2.20. The minimum Gasteiger partial charge on any atom is -0.186 e. The zero-order chi connectivity index (χ0) is 8.04. The number of thiocyanates is 1. The van der Waals surface area contributed by atoms with Crippen LogP contribution < -0.4 is 0 Å². The van der Waals surface area contributed by atoms with Crippen molar-refractivity contribution in [2.24, 2.45) is 0 Å². The molecule has 0 aromatic heterocycles. The van der Waals surface area contributed by atoms with Crippen LogP contribution in [0.25, 0.3) is 0 Å². The van der Waals surface area contributed by atoms with E-state index in [1.807, 2.05) is 0 Å². The molecule has 0 aliphatic carbocycles. The average molecular weight is 173 g/mol. The van der Waals surface area contributed by atoms with E-state index in [0.29, 0.717) is 0 Å². The molecule has 0 atom stereocenters. The lowest BCUT2D eigenvalue weighted by molar-refractivity contribution is 1.22. The SMILES string of the molecule is CC[Si](CC)(CC)SC#N. The van der Waals surface area contributed by atoms with Gasteiger partial charge in [0.2, 0.25) is 0 Å². The number of rotatable bonds is 4. The molecule has 1 nitrogen and oxygen atoms in total. The van der Waals surface area contributed by atoms with Crippen molar-refractivity contribution in [3.05, 3.63) is 0 Å². The molecule has 0 aliphatic heterocycles. The topological polar surface area (TPSA) is 23.8 Å². The van der Waals surface area contributed by atoms with E-state index >= 15 is 0 Å². The molecule has 0 amide bonds. The van der Waals surface area contributed by atoms with Gasteiger partial charge in [0.05, 0.1) is 0 Å². The Morgan fingerprint density at radius 2 is 1.60 bits per heavy atom. The van der Waals surface area contributed by atoms with E-state index < -0.39 is 7.22 Å². The first kappa shape index (κ1) is 10.1. The fraction of sp³-hybridized carbons (Fsp3) is 0.857. The van der Waals surface area contributed by atoms with Gasteiger partial charge in [-0.2, -0.15) is 5.26 Å². The van der Waals surface area contributed by atoms with Crippen molar-refractivity contribution in [3.63, 3.8) is 0 Å². The lowest BCUT2D eigenvalue weighted by Crippen LogP contribution is -2.25. The summed E-state index contributed by atoms with van der Waals surface area (Å²) in [5.41, 5.74) is 0. The predicted molar refractivity (Wildman–Crippen MR) is 50.4 cm³/mol. The van der Waals surface area contributed by atoms with Gasteiger partial charge in [0.25, 0.3) is 0 Å². The van der Waals surface area contributed by atoms with Gasteiger partial charge in [-0.15, -0.1) is 0 Å². The van der Waals surface area contributed by atoms with Gasteiger partial charge in [0, 0.05) is 0 Å². The second-order valence-corrected chi connectivity index (χ2v) is 10.5. The third-order valence-corrected chi connectivity index (χ3v) is 10.8. The summed E-state index contributed by atoms with van der Waals surface area (Å²) in [7, 11) is -1.16. The Bertz CT molecular complexity index is 118. The van der Waals surface area contributed by atoms with Crippen LogP contribution in [-0.4, -0.2) is 7.22 Å². The molecular formula is C7H15NSSi. The van der Waals surface area contributed by atoms with Gasteiger partial charge in [-0.3, -0.25) is 0 Å². The molecule has 0 aliphatic rings. The summed E-state index contributed by atoms with van der Waals surface area (Å²) in [5.74, 6) is 0. The van der Waals surface area contributed by atoms with Crippen LogP contribution in [0.5, 0.6) is 0 Å². The fourth-order valence-corrected chi connectivity index (χ4v) is 5.07. The maximum absolute atomic E-state index is 8.54. The fourth-order valence-electron chi connectivity index (χ4n) is 1.06. The molecule has 0 unspecified atom stereocenters. The molecule has 0 fully saturated rings. The number of hydrogen-bond acceptors (Lipinski definition) is 2. The highest BCUT2D eigenvalue weighted by Crippen LogP contribution is 2.31. The van der Waals surface area contributed by atoms with Crippen molar-refractivity contribution in [3.8, 4) is 5.40 Å². The summed E-state index contributed by atoms with van der Waals surface area (Å²) in [6.07, 6.45) is 0. The molecule has 0 N–H and O–H groups in total. The number of hydrogen-bond donors (Lipinski definition) is 0. The normalized spacial score (nSPS) is 11.0. The van der Waals surface area contributed by atoms with Crippen LogP contribution in [0.2, 0.25) is 18.1 Å². The second-order valence-electron chi connectivity index (χ2n) is 2.44. The van der Waals surface area contributed by atoms with Crippen LogP contribution in [0.1, 0.15) is 20.8 Å². The first-order chi connectivity index (χ1) is 4.74. The zero-order valence-electron chi connectivity index (χ0n) is 6.98. The highest BCUT2D eigenvalue weighted by molar-refractivity contribution is 8.32. The largest absolute Gasteiger partial charge is 0.186 e. The quantitative estimate of drug-likeness (QED) is 0.481. The van der Waals surface area contributed by atoms with E-state index in [-0.39, 0.29) is 0 Å². The molecule has 0 aromatic carbocycles. The maximum Gasteiger partial charge on any atom is 0.135 e. The highest BCUT2D eigenvalue weighted by Gasteiger charge is 2.27. The van der Waals surface area contributed by atoms with E-state index in [1.165, 1.54) is 18.1 Å². The van der Waals surface area contributed by atoms with Crippen LogP contribution in [0.4, 0.5) is 0 Å². The van der Waals surface area contributed by atoms with Gasteiger partial charge in [-0.1, -0.05) is 32.0 Å². The highest BCUT2D eigenvalue weighted by atomic mass is 32.4. The molecule has 0 saturated carbocycles. The lowest BCUT2D eigenvalue weighted by Gasteiger charge is -2.22. The van der Waals surface area contributed by atoms with Gasteiger partial charge < -0.3 is 0 Å². The van der Waals surface area contributed by atoms with Gasteiger partial charge in [0.1, 0.15) is 12.6 Å². The minimum absolute atomic E-state index is 1.16. The van der Waals surface area contributed by atoms with Crippen LogP contribution in [-0.2, 0) is 0 Å². The first-order valence-corrected chi connectivity index (χ1v) is 7.98. The Labute approximate surface area is 68.5 Å². The molecule has 0 heterocycles. The number of nitrogens with zero attached hydrogens (tertiary/aromatic N) is 1. The summed E-state index contributed by atoms with van der Waals surface area (Å²) in [6.45, 7) is 6.64. The Morgan fingerprint density at radius 3 is 1.70 bits per heavy atom. The van der Waals surface area contributed by atoms with Gasteiger partial charge in [-0.25, -0.2) is 0 Å². The Hall–Kier alpha value is 0.0569. The van der Waals surface area contributed by atoms with Crippen molar-refractivity contribution in [2.45, 2.75) is 38.9 Å². The van der Waals surface area contributed by atoms with Crippen molar-refractivity contribution < 1.29 is 0 Å². The molecule has 0 radical (unpaired) electrons. The van der Waals surface area contributed by atoms with E-state index in [1.54, 1.807) is 11.2 Å². The molecule has 3 heteroatoms. The molecule has 0 aromatic rings. The van der Waals surface area contributed by atoms with Crippen molar-refractivity contribution >= 4 is 18.4 Å². The van der Waals surface area contributed by atoms with Crippen LogP contribution in [0, 0.1) is 10.7 Å². The molecule has 0 rings (SSSR count). The first-order valence-electron chi connectivity index (χ1n) is 3.81. The number of nitriles is 1. The maximum atomic E-state index is 8.54. The minimum atomic E-state index is -1.16. The van der Waals surface area contributed by atoms with Crippen molar-refractivity contribution in [2.75, 3.05) is 0 Å². The summed E-state index contributed by atoms with van der Waals surface area (Å²) < 4.78 is 0. The monoisotopic (exact) mass is 173 g/mol. The zero-order valence-corrected chi connectivity index (χ0v) is 8.79. The van der Waals surface area contributed by atoms with Crippen LogP contribution in [0.3, 0.4) is 0 Å². The molecule has 58 valence electrons. The predicted octanol–water partition coefficient (Wildman–Crippen LogP) is 3.21. The van der Waals surface area contributed by atoms with Crippen LogP contribution >= 0.6 is 11.2 Å². The third kappa shape index (κ3) is 2.35. The van der Waals surface area contributed by atoms with Crippen LogP contribution in [0.15, 0.2) is 0 Å². The Balaban J connectivity index is 4.04.